The van der Waals surface area contributed by atoms with Gasteiger partial charge in [-0.25, -0.2) is 10.8 Å². The van der Waals surface area contributed by atoms with Gasteiger partial charge in [0.05, 0.1) is 25.3 Å². The lowest BCUT2D eigenvalue weighted by Crippen LogP contribution is -2.51. The molecule has 112 valence electrons. The standard InChI is InChI=1S/C13H28N4O2/c1-11(10-19-3)17(8-9-18-2)13(16-14)15-12-6-4-5-7-12/h11-12H,4-10,14H2,1-3H3,(H,15,16). The van der Waals surface area contributed by atoms with E-state index in [0.29, 0.717) is 19.3 Å². The van der Waals surface area contributed by atoms with Gasteiger partial charge < -0.3 is 14.4 Å². The van der Waals surface area contributed by atoms with Crippen LogP contribution in [0.1, 0.15) is 32.6 Å². The number of guanidine groups is 1. The number of methoxy groups -OCH3 is 2. The fourth-order valence-electron chi connectivity index (χ4n) is 2.46. The third-order valence-corrected chi connectivity index (χ3v) is 3.51. The molecule has 0 spiro atoms. The van der Waals surface area contributed by atoms with Crippen molar-refractivity contribution >= 4 is 5.96 Å². The van der Waals surface area contributed by atoms with Crippen molar-refractivity contribution in [1.29, 1.82) is 0 Å². The topological polar surface area (TPSA) is 72.1 Å². The molecule has 0 saturated heterocycles. The van der Waals surface area contributed by atoms with Gasteiger partial charge in [-0.1, -0.05) is 12.8 Å². The Morgan fingerprint density at radius 1 is 1.37 bits per heavy atom. The second-order valence-corrected chi connectivity index (χ2v) is 5.03. The highest BCUT2D eigenvalue weighted by atomic mass is 16.5. The van der Waals surface area contributed by atoms with Gasteiger partial charge in [-0.3, -0.25) is 5.43 Å². The van der Waals surface area contributed by atoms with Gasteiger partial charge >= 0.3 is 0 Å². The molecule has 0 aromatic rings. The van der Waals surface area contributed by atoms with E-state index in [1.54, 1.807) is 14.2 Å². The fraction of sp³-hybridized carbons (Fsp3) is 0.923. The van der Waals surface area contributed by atoms with Gasteiger partial charge in [0.25, 0.3) is 0 Å². The average Bonchev–Trinajstić information content (AvgIpc) is 2.91. The van der Waals surface area contributed by atoms with Crippen LogP contribution in [0.15, 0.2) is 4.99 Å². The zero-order valence-corrected chi connectivity index (χ0v) is 12.4. The van der Waals surface area contributed by atoms with E-state index in [1.165, 1.54) is 12.8 Å². The summed E-state index contributed by atoms with van der Waals surface area (Å²) in [6.07, 6.45) is 4.83. The fourth-order valence-corrected chi connectivity index (χ4v) is 2.46. The van der Waals surface area contributed by atoms with Crippen LogP contribution in [0.2, 0.25) is 0 Å². The zero-order chi connectivity index (χ0) is 14.1. The van der Waals surface area contributed by atoms with E-state index in [2.05, 4.69) is 17.2 Å². The molecule has 19 heavy (non-hydrogen) atoms. The van der Waals surface area contributed by atoms with E-state index < -0.39 is 0 Å². The molecule has 0 amide bonds. The van der Waals surface area contributed by atoms with Crippen molar-refractivity contribution in [1.82, 2.24) is 10.3 Å². The molecule has 0 aromatic carbocycles. The molecule has 0 aliphatic heterocycles. The van der Waals surface area contributed by atoms with Crippen LogP contribution in [-0.4, -0.2) is 56.9 Å². The minimum Gasteiger partial charge on any atom is -0.383 e. The van der Waals surface area contributed by atoms with Gasteiger partial charge in [0, 0.05) is 20.8 Å². The van der Waals surface area contributed by atoms with Crippen LogP contribution in [0.4, 0.5) is 0 Å². The summed E-state index contributed by atoms with van der Waals surface area (Å²) in [5, 5.41) is 0. The first-order valence-electron chi connectivity index (χ1n) is 7.01. The van der Waals surface area contributed by atoms with Crippen molar-refractivity contribution in [3.63, 3.8) is 0 Å². The summed E-state index contributed by atoms with van der Waals surface area (Å²) in [7, 11) is 3.40. The predicted octanol–water partition coefficient (Wildman–Crippen LogP) is 0.732. The number of hydrogen-bond acceptors (Lipinski definition) is 4. The van der Waals surface area contributed by atoms with Gasteiger partial charge in [0.2, 0.25) is 5.96 Å². The molecule has 3 N–H and O–H groups in total. The second kappa shape index (κ2) is 9.12. The van der Waals surface area contributed by atoms with E-state index >= 15 is 0 Å². The molecule has 1 rings (SSSR count). The van der Waals surface area contributed by atoms with Crippen molar-refractivity contribution in [3.8, 4) is 0 Å². The maximum absolute atomic E-state index is 5.65. The second-order valence-electron chi connectivity index (χ2n) is 5.03. The molecule has 0 radical (unpaired) electrons. The van der Waals surface area contributed by atoms with Crippen LogP contribution in [-0.2, 0) is 9.47 Å². The van der Waals surface area contributed by atoms with E-state index in [0.717, 1.165) is 25.3 Å². The number of nitrogens with two attached hydrogens (primary N) is 1. The van der Waals surface area contributed by atoms with Crippen LogP contribution >= 0.6 is 0 Å². The summed E-state index contributed by atoms with van der Waals surface area (Å²) >= 11 is 0. The number of aliphatic imine (C=N–C) groups is 1. The summed E-state index contributed by atoms with van der Waals surface area (Å²) < 4.78 is 10.4. The van der Waals surface area contributed by atoms with Gasteiger partial charge in [-0.15, -0.1) is 0 Å². The van der Waals surface area contributed by atoms with Crippen LogP contribution in [0.3, 0.4) is 0 Å². The van der Waals surface area contributed by atoms with Gasteiger partial charge in [-0.05, 0) is 19.8 Å². The Labute approximate surface area is 116 Å². The highest BCUT2D eigenvalue weighted by Crippen LogP contribution is 2.21. The minimum absolute atomic E-state index is 0.205. The Morgan fingerprint density at radius 2 is 2.05 bits per heavy atom. The first-order chi connectivity index (χ1) is 9.22. The lowest BCUT2D eigenvalue weighted by atomic mass is 10.2. The van der Waals surface area contributed by atoms with Crippen LogP contribution < -0.4 is 11.3 Å². The average molecular weight is 272 g/mol. The van der Waals surface area contributed by atoms with E-state index in [4.69, 9.17) is 20.3 Å². The highest BCUT2D eigenvalue weighted by molar-refractivity contribution is 5.80. The molecule has 1 saturated carbocycles. The minimum atomic E-state index is 0.205. The Morgan fingerprint density at radius 3 is 2.58 bits per heavy atom. The Kier molecular flexibility index (Phi) is 7.78. The largest absolute Gasteiger partial charge is 0.383 e. The number of rotatable bonds is 7. The van der Waals surface area contributed by atoms with Crippen molar-refractivity contribution in [3.05, 3.63) is 0 Å². The molecular weight excluding hydrogens is 244 g/mol. The van der Waals surface area contributed by atoms with Gasteiger partial charge in [0.15, 0.2) is 0 Å². The molecule has 0 heterocycles. The number of hydrogen-bond donors (Lipinski definition) is 2. The molecular formula is C13H28N4O2. The molecule has 0 bridgehead atoms. The molecule has 6 heteroatoms. The molecule has 0 aromatic heterocycles. The quantitative estimate of drug-likeness (QED) is 0.309. The monoisotopic (exact) mass is 272 g/mol. The van der Waals surface area contributed by atoms with Crippen LogP contribution in [0.5, 0.6) is 0 Å². The van der Waals surface area contributed by atoms with Gasteiger partial charge in [-0.2, -0.15) is 0 Å². The third-order valence-electron chi connectivity index (χ3n) is 3.51. The highest BCUT2D eigenvalue weighted by Gasteiger charge is 2.21. The Hall–Kier alpha value is -0.850. The summed E-state index contributed by atoms with van der Waals surface area (Å²) in [6.45, 7) is 4.12. The summed E-state index contributed by atoms with van der Waals surface area (Å²) in [5.74, 6) is 6.40. The van der Waals surface area contributed by atoms with Crippen LogP contribution in [0.25, 0.3) is 0 Å². The van der Waals surface area contributed by atoms with Crippen LogP contribution in [0, 0.1) is 0 Å². The molecule has 1 fully saturated rings. The number of ether oxygens (including phenoxy) is 2. The smallest absolute Gasteiger partial charge is 0.209 e. The number of nitrogens with one attached hydrogen (secondary N) is 1. The molecule has 1 aliphatic carbocycles. The maximum Gasteiger partial charge on any atom is 0.209 e. The summed E-state index contributed by atoms with van der Waals surface area (Å²) in [5.41, 5.74) is 2.74. The number of hydrazine groups is 1. The molecule has 1 atom stereocenters. The predicted molar refractivity (Wildman–Crippen MR) is 76.9 cm³/mol. The number of nitrogens with zero attached hydrogens (tertiary/aromatic N) is 2. The molecule has 1 unspecified atom stereocenters. The third kappa shape index (κ3) is 5.34. The van der Waals surface area contributed by atoms with Crippen molar-refractivity contribution in [2.24, 2.45) is 10.8 Å². The van der Waals surface area contributed by atoms with Crippen molar-refractivity contribution < 1.29 is 9.47 Å². The zero-order valence-electron chi connectivity index (χ0n) is 12.4. The Balaban J connectivity index is 2.72. The van der Waals surface area contributed by atoms with E-state index in [-0.39, 0.29) is 6.04 Å². The summed E-state index contributed by atoms with van der Waals surface area (Å²) in [6, 6.07) is 0.599. The molecule has 6 nitrogen and oxygen atoms in total. The Bertz CT molecular complexity index is 267. The van der Waals surface area contributed by atoms with E-state index in [9.17, 15) is 0 Å². The summed E-state index contributed by atoms with van der Waals surface area (Å²) in [4.78, 5) is 6.86. The lowest BCUT2D eigenvalue weighted by Gasteiger charge is -2.31. The first kappa shape index (κ1) is 16.2. The van der Waals surface area contributed by atoms with E-state index in [1.807, 2.05) is 0 Å². The molecule has 1 aliphatic rings. The maximum atomic E-state index is 5.65. The normalized spacial score (nSPS) is 18.6. The SMILES string of the molecule is COCCN(C(=NC1CCCC1)NN)C(C)COC. The van der Waals surface area contributed by atoms with Crippen molar-refractivity contribution in [2.45, 2.75) is 44.7 Å². The lowest BCUT2D eigenvalue weighted by molar-refractivity contribution is 0.111. The van der Waals surface area contributed by atoms with Crippen molar-refractivity contribution in [2.75, 3.05) is 34.0 Å². The van der Waals surface area contributed by atoms with Gasteiger partial charge in [0.1, 0.15) is 0 Å². The first-order valence-corrected chi connectivity index (χ1v) is 7.01.